The zero-order valence-electron chi connectivity index (χ0n) is 15.6. The first-order valence-electron chi connectivity index (χ1n) is 9.47. The lowest BCUT2D eigenvalue weighted by molar-refractivity contribution is 0.115. The molecule has 4 aromatic rings. The predicted octanol–water partition coefficient (Wildman–Crippen LogP) is 5.42. The van der Waals surface area contributed by atoms with Gasteiger partial charge in [-0.15, -0.1) is 0 Å². The maximum atomic E-state index is 10.7. The number of hydrogen-bond donors (Lipinski definition) is 1. The van der Waals surface area contributed by atoms with Gasteiger partial charge in [-0.1, -0.05) is 72.8 Å². The minimum Gasteiger partial charge on any atom is -0.490 e. The lowest BCUT2D eigenvalue weighted by Gasteiger charge is -2.27. The average molecular weight is 369 g/mol. The van der Waals surface area contributed by atoms with E-state index in [-0.39, 0.29) is 6.61 Å². The predicted molar refractivity (Wildman–Crippen MR) is 115 cm³/mol. The van der Waals surface area contributed by atoms with Crippen molar-refractivity contribution in [2.75, 3.05) is 18.1 Å². The van der Waals surface area contributed by atoms with Crippen molar-refractivity contribution in [3.8, 4) is 5.75 Å². The van der Waals surface area contributed by atoms with E-state index in [1.807, 2.05) is 91.0 Å². The molecule has 140 valence electrons. The van der Waals surface area contributed by atoms with E-state index in [9.17, 15) is 5.11 Å². The van der Waals surface area contributed by atoms with Gasteiger partial charge in [0.15, 0.2) is 0 Å². The standard InChI is InChI=1S/C25H23NO2/c27-23(19-28-25-17-9-11-20-10-7-8-16-24(20)25)18-26(21-12-3-1-4-13-21)22-14-5-2-6-15-22/h1-17,23,27H,18-19H2. The van der Waals surface area contributed by atoms with Gasteiger partial charge in [0.05, 0.1) is 6.54 Å². The SMILES string of the molecule is OC(COc1cccc2ccccc12)CN(c1ccccc1)c1ccccc1. The van der Waals surface area contributed by atoms with Gasteiger partial charge >= 0.3 is 0 Å². The lowest BCUT2D eigenvalue weighted by Crippen LogP contribution is -2.32. The summed E-state index contributed by atoms with van der Waals surface area (Å²) in [7, 11) is 0. The van der Waals surface area contributed by atoms with Crippen LogP contribution in [-0.2, 0) is 0 Å². The van der Waals surface area contributed by atoms with Gasteiger partial charge in [0.2, 0.25) is 0 Å². The van der Waals surface area contributed by atoms with Crippen molar-refractivity contribution in [3.05, 3.63) is 103 Å². The molecule has 0 aromatic heterocycles. The molecule has 0 heterocycles. The fraction of sp³-hybridized carbons (Fsp3) is 0.120. The molecule has 0 aliphatic heterocycles. The third-order valence-corrected chi connectivity index (χ3v) is 4.71. The van der Waals surface area contributed by atoms with Crippen LogP contribution in [0.2, 0.25) is 0 Å². The van der Waals surface area contributed by atoms with Gasteiger partial charge in [0.1, 0.15) is 18.5 Å². The minimum absolute atomic E-state index is 0.226. The Balaban J connectivity index is 1.49. The molecule has 3 heteroatoms. The van der Waals surface area contributed by atoms with Crippen molar-refractivity contribution in [3.63, 3.8) is 0 Å². The maximum absolute atomic E-state index is 10.7. The summed E-state index contributed by atoms with van der Waals surface area (Å²) < 4.78 is 5.98. The highest BCUT2D eigenvalue weighted by atomic mass is 16.5. The van der Waals surface area contributed by atoms with E-state index >= 15 is 0 Å². The highest BCUT2D eigenvalue weighted by molar-refractivity contribution is 5.88. The Morgan fingerprint density at radius 1 is 0.679 bits per heavy atom. The number of benzene rings is 4. The third-order valence-electron chi connectivity index (χ3n) is 4.71. The van der Waals surface area contributed by atoms with E-state index in [1.54, 1.807) is 0 Å². The second-order valence-electron chi connectivity index (χ2n) is 6.72. The van der Waals surface area contributed by atoms with Gasteiger partial charge in [-0.25, -0.2) is 0 Å². The summed E-state index contributed by atoms with van der Waals surface area (Å²) >= 11 is 0. The monoisotopic (exact) mass is 369 g/mol. The summed E-state index contributed by atoms with van der Waals surface area (Å²) in [6.07, 6.45) is -0.639. The molecule has 0 aliphatic carbocycles. The summed E-state index contributed by atoms with van der Waals surface area (Å²) in [5.74, 6) is 0.795. The molecule has 0 aliphatic rings. The van der Waals surface area contributed by atoms with Crippen molar-refractivity contribution in [1.29, 1.82) is 0 Å². The van der Waals surface area contributed by atoms with Crippen LogP contribution in [0.15, 0.2) is 103 Å². The Hall–Kier alpha value is -3.30. The molecule has 1 atom stereocenters. The summed E-state index contributed by atoms with van der Waals surface area (Å²) in [5, 5.41) is 12.9. The fourth-order valence-corrected chi connectivity index (χ4v) is 3.35. The first-order chi connectivity index (χ1) is 13.8. The van der Waals surface area contributed by atoms with Crippen molar-refractivity contribution in [2.45, 2.75) is 6.10 Å². The topological polar surface area (TPSA) is 32.7 Å². The second-order valence-corrected chi connectivity index (χ2v) is 6.72. The molecule has 4 rings (SSSR count). The zero-order chi connectivity index (χ0) is 19.2. The molecule has 1 unspecified atom stereocenters. The highest BCUT2D eigenvalue weighted by Crippen LogP contribution is 2.27. The van der Waals surface area contributed by atoms with Crippen LogP contribution in [0.3, 0.4) is 0 Å². The number of hydrogen-bond acceptors (Lipinski definition) is 3. The van der Waals surface area contributed by atoms with E-state index in [0.29, 0.717) is 6.54 Å². The molecule has 4 aromatic carbocycles. The molecule has 28 heavy (non-hydrogen) atoms. The fourth-order valence-electron chi connectivity index (χ4n) is 3.35. The molecule has 0 saturated heterocycles. The molecule has 3 nitrogen and oxygen atoms in total. The third kappa shape index (κ3) is 4.16. The van der Waals surface area contributed by atoms with Gasteiger partial charge in [-0.3, -0.25) is 0 Å². The van der Waals surface area contributed by atoms with Crippen molar-refractivity contribution < 1.29 is 9.84 Å². The van der Waals surface area contributed by atoms with E-state index in [0.717, 1.165) is 27.9 Å². The molecular weight excluding hydrogens is 346 g/mol. The minimum atomic E-state index is -0.639. The Bertz CT molecular complexity index is 973. The number of aliphatic hydroxyl groups excluding tert-OH is 1. The van der Waals surface area contributed by atoms with Crippen LogP contribution in [0.5, 0.6) is 5.75 Å². The van der Waals surface area contributed by atoms with Crippen molar-refractivity contribution in [2.24, 2.45) is 0 Å². The van der Waals surface area contributed by atoms with Crippen LogP contribution in [0.1, 0.15) is 0 Å². The molecule has 0 fully saturated rings. The molecule has 0 bridgehead atoms. The Kier molecular flexibility index (Phi) is 5.55. The second kappa shape index (κ2) is 8.59. The number of anilines is 2. The van der Waals surface area contributed by atoms with E-state index in [2.05, 4.69) is 17.0 Å². The number of rotatable bonds is 7. The molecule has 0 radical (unpaired) electrons. The van der Waals surface area contributed by atoms with Crippen LogP contribution >= 0.6 is 0 Å². The van der Waals surface area contributed by atoms with E-state index in [4.69, 9.17) is 4.74 Å². The number of ether oxygens (including phenoxy) is 1. The Morgan fingerprint density at radius 3 is 1.93 bits per heavy atom. The van der Waals surface area contributed by atoms with Gasteiger partial charge in [-0.2, -0.15) is 0 Å². The van der Waals surface area contributed by atoms with Crippen LogP contribution in [-0.4, -0.2) is 24.4 Å². The number of fused-ring (bicyclic) bond motifs is 1. The quantitative estimate of drug-likeness (QED) is 0.472. The summed E-state index contributed by atoms with van der Waals surface area (Å²) in [5.41, 5.74) is 2.08. The maximum Gasteiger partial charge on any atom is 0.127 e. The first kappa shape index (κ1) is 18.1. The Labute approximate surface area is 165 Å². The largest absolute Gasteiger partial charge is 0.490 e. The van der Waals surface area contributed by atoms with Gasteiger partial charge < -0.3 is 14.7 Å². The van der Waals surface area contributed by atoms with Crippen molar-refractivity contribution >= 4 is 22.1 Å². The van der Waals surface area contributed by atoms with E-state index < -0.39 is 6.10 Å². The first-order valence-corrected chi connectivity index (χ1v) is 9.47. The number of para-hydroxylation sites is 2. The lowest BCUT2D eigenvalue weighted by atomic mass is 10.1. The highest BCUT2D eigenvalue weighted by Gasteiger charge is 2.15. The van der Waals surface area contributed by atoms with Crippen LogP contribution < -0.4 is 9.64 Å². The van der Waals surface area contributed by atoms with Crippen LogP contribution in [0, 0.1) is 0 Å². The van der Waals surface area contributed by atoms with Gasteiger partial charge in [0, 0.05) is 16.8 Å². The molecule has 0 spiro atoms. The molecule has 0 saturated carbocycles. The normalized spacial score (nSPS) is 11.9. The smallest absolute Gasteiger partial charge is 0.127 e. The average Bonchev–Trinajstić information content (AvgIpc) is 2.77. The molecule has 1 N–H and O–H groups in total. The molecule has 0 amide bonds. The van der Waals surface area contributed by atoms with Crippen LogP contribution in [0.4, 0.5) is 11.4 Å². The van der Waals surface area contributed by atoms with Gasteiger partial charge in [-0.05, 0) is 35.7 Å². The Morgan fingerprint density at radius 2 is 1.25 bits per heavy atom. The summed E-state index contributed by atoms with van der Waals surface area (Å²) in [4.78, 5) is 2.11. The van der Waals surface area contributed by atoms with Crippen LogP contribution in [0.25, 0.3) is 10.8 Å². The van der Waals surface area contributed by atoms with E-state index in [1.165, 1.54) is 0 Å². The van der Waals surface area contributed by atoms with Gasteiger partial charge in [0.25, 0.3) is 0 Å². The summed E-state index contributed by atoms with van der Waals surface area (Å²) in [6, 6.07) is 34.3. The van der Waals surface area contributed by atoms with Crippen molar-refractivity contribution in [1.82, 2.24) is 0 Å². The summed E-state index contributed by atoms with van der Waals surface area (Å²) in [6.45, 7) is 0.670. The number of nitrogens with zero attached hydrogens (tertiary/aromatic N) is 1. The number of aliphatic hydroxyl groups is 1. The zero-order valence-corrected chi connectivity index (χ0v) is 15.6. The molecular formula is C25H23NO2.